The van der Waals surface area contributed by atoms with E-state index in [4.69, 9.17) is 0 Å². The number of aromatic amines is 1. The number of fused-ring (bicyclic) bond motifs is 2. The summed E-state index contributed by atoms with van der Waals surface area (Å²) in [6, 6.07) is 15.5. The molecule has 0 radical (unpaired) electrons. The summed E-state index contributed by atoms with van der Waals surface area (Å²) >= 11 is 0. The fraction of sp³-hybridized carbons (Fsp3) is 0. The first kappa shape index (κ1) is 11.8. The van der Waals surface area contributed by atoms with Gasteiger partial charge >= 0.3 is 0 Å². The third-order valence-electron chi connectivity index (χ3n) is 3.52. The summed E-state index contributed by atoms with van der Waals surface area (Å²) < 4.78 is 0. The summed E-state index contributed by atoms with van der Waals surface area (Å²) in [6.45, 7) is 0. The van der Waals surface area contributed by atoms with Crippen molar-refractivity contribution < 1.29 is 4.79 Å². The Balaban J connectivity index is 2.01. The third-order valence-corrected chi connectivity index (χ3v) is 3.52. The molecule has 21 heavy (non-hydrogen) atoms. The van der Waals surface area contributed by atoms with Gasteiger partial charge in [0.2, 0.25) is 5.78 Å². The number of benzene rings is 2. The van der Waals surface area contributed by atoms with Crippen LogP contribution in [0.5, 0.6) is 0 Å². The van der Waals surface area contributed by atoms with Crippen molar-refractivity contribution in [3.63, 3.8) is 0 Å². The number of rotatable bonds is 2. The molecule has 4 heteroatoms. The lowest BCUT2D eigenvalue weighted by molar-refractivity contribution is 0.103. The van der Waals surface area contributed by atoms with Crippen LogP contribution in [-0.4, -0.2) is 20.7 Å². The maximum absolute atomic E-state index is 12.5. The van der Waals surface area contributed by atoms with E-state index in [0.29, 0.717) is 11.4 Å². The summed E-state index contributed by atoms with van der Waals surface area (Å²) in [7, 11) is 0. The standard InChI is InChI=1S/C17H11N3O/c21-16(17-18-8-9-19-17)12-5-3-7-15-13(12)10-11-4-1-2-6-14(11)20-15/h1-10H,(H,18,19). The predicted molar refractivity (Wildman–Crippen MR) is 81.3 cm³/mol. The first-order valence-corrected chi connectivity index (χ1v) is 6.65. The molecule has 100 valence electrons. The lowest BCUT2D eigenvalue weighted by atomic mass is 10.0. The largest absolute Gasteiger partial charge is 0.342 e. The van der Waals surface area contributed by atoms with Gasteiger partial charge in [-0.1, -0.05) is 30.3 Å². The number of H-pyrrole nitrogens is 1. The molecule has 2 aromatic carbocycles. The molecule has 0 amide bonds. The number of ketones is 1. The molecule has 0 aliphatic heterocycles. The van der Waals surface area contributed by atoms with E-state index in [-0.39, 0.29) is 5.78 Å². The summed E-state index contributed by atoms with van der Waals surface area (Å²) in [5, 5.41) is 1.86. The number of hydrogen-bond acceptors (Lipinski definition) is 3. The van der Waals surface area contributed by atoms with Crippen molar-refractivity contribution in [2.24, 2.45) is 0 Å². The zero-order valence-electron chi connectivity index (χ0n) is 11.1. The molecule has 2 aromatic heterocycles. The predicted octanol–water partition coefficient (Wildman–Crippen LogP) is 3.34. The van der Waals surface area contributed by atoms with Crippen molar-refractivity contribution in [3.05, 3.63) is 72.3 Å². The van der Waals surface area contributed by atoms with Crippen molar-refractivity contribution in [3.8, 4) is 0 Å². The maximum atomic E-state index is 12.5. The minimum absolute atomic E-state index is 0.123. The SMILES string of the molecule is O=C(c1ncc[nH]1)c1cccc2nc3ccccc3cc12. The van der Waals surface area contributed by atoms with E-state index < -0.39 is 0 Å². The van der Waals surface area contributed by atoms with Crippen LogP contribution in [0, 0.1) is 0 Å². The molecule has 4 rings (SSSR count). The highest BCUT2D eigenvalue weighted by Crippen LogP contribution is 2.23. The Morgan fingerprint density at radius 1 is 1.00 bits per heavy atom. The molecule has 0 unspecified atom stereocenters. The number of hydrogen-bond donors (Lipinski definition) is 1. The van der Waals surface area contributed by atoms with Gasteiger partial charge in [-0.05, 0) is 18.2 Å². The molecule has 4 aromatic rings. The van der Waals surface area contributed by atoms with Gasteiger partial charge in [-0.2, -0.15) is 0 Å². The van der Waals surface area contributed by atoms with E-state index in [2.05, 4.69) is 15.0 Å². The van der Waals surface area contributed by atoms with Crippen LogP contribution in [0.4, 0.5) is 0 Å². The highest BCUT2D eigenvalue weighted by atomic mass is 16.1. The van der Waals surface area contributed by atoms with Gasteiger partial charge in [-0.25, -0.2) is 9.97 Å². The number of carbonyl (C=O) groups excluding carboxylic acids is 1. The summed E-state index contributed by atoms with van der Waals surface area (Å²) in [6.07, 6.45) is 3.22. The second-order valence-corrected chi connectivity index (χ2v) is 4.82. The number of imidazole rings is 1. The summed E-state index contributed by atoms with van der Waals surface area (Å²) in [5.41, 5.74) is 2.35. The van der Waals surface area contributed by atoms with E-state index >= 15 is 0 Å². The zero-order valence-corrected chi connectivity index (χ0v) is 11.1. The number of nitrogens with one attached hydrogen (secondary N) is 1. The Bertz CT molecular complexity index is 958. The normalized spacial score (nSPS) is 11.0. The number of carbonyl (C=O) groups is 1. The van der Waals surface area contributed by atoms with Crippen molar-refractivity contribution in [1.82, 2.24) is 15.0 Å². The molecule has 1 N–H and O–H groups in total. The fourth-order valence-electron chi connectivity index (χ4n) is 2.51. The molecule has 0 spiro atoms. The summed E-state index contributed by atoms with van der Waals surface area (Å²) in [5.74, 6) is 0.221. The number of aromatic nitrogens is 3. The molecule has 4 nitrogen and oxygen atoms in total. The van der Waals surface area contributed by atoms with E-state index in [0.717, 1.165) is 21.8 Å². The highest BCUT2D eigenvalue weighted by molar-refractivity contribution is 6.15. The van der Waals surface area contributed by atoms with Crippen LogP contribution in [0.2, 0.25) is 0 Å². The van der Waals surface area contributed by atoms with Crippen LogP contribution < -0.4 is 0 Å². The molecule has 0 atom stereocenters. The zero-order chi connectivity index (χ0) is 14.2. The van der Waals surface area contributed by atoms with Crippen molar-refractivity contribution >= 4 is 27.6 Å². The minimum Gasteiger partial charge on any atom is -0.342 e. The monoisotopic (exact) mass is 273 g/mol. The van der Waals surface area contributed by atoms with Crippen LogP contribution in [0.25, 0.3) is 21.8 Å². The number of pyridine rings is 1. The summed E-state index contributed by atoms with van der Waals surface area (Å²) in [4.78, 5) is 24.0. The Morgan fingerprint density at radius 2 is 1.86 bits per heavy atom. The topological polar surface area (TPSA) is 58.6 Å². The molecule has 0 fully saturated rings. The molecule has 0 saturated heterocycles. The smallest absolute Gasteiger partial charge is 0.228 e. The van der Waals surface area contributed by atoms with Gasteiger partial charge in [0.15, 0.2) is 5.82 Å². The van der Waals surface area contributed by atoms with E-state index in [1.165, 1.54) is 0 Å². The Hall–Kier alpha value is -3.01. The lowest BCUT2D eigenvalue weighted by Gasteiger charge is -2.06. The van der Waals surface area contributed by atoms with Crippen LogP contribution in [-0.2, 0) is 0 Å². The average Bonchev–Trinajstić information content (AvgIpc) is 3.06. The number of para-hydroxylation sites is 1. The van der Waals surface area contributed by atoms with Gasteiger partial charge in [0.1, 0.15) is 0 Å². The quantitative estimate of drug-likeness (QED) is 0.450. The van der Waals surface area contributed by atoms with Gasteiger partial charge in [-0.15, -0.1) is 0 Å². The van der Waals surface area contributed by atoms with Crippen LogP contribution >= 0.6 is 0 Å². The number of nitrogens with zero attached hydrogens (tertiary/aromatic N) is 2. The average molecular weight is 273 g/mol. The molecular weight excluding hydrogens is 262 g/mol. The van der Waals surface area contributed by atoms with Gasteiger partial charge in [0, 0.05) is 28.7 Å². The molecule has 0 bridgehead atoms. The molecule has 0 aliphatic rings. The van der Waals surface area contributed by atoms with E-state index in [1.807, 2.05) is 48.5 Å². The van der Waals surface area contributed by atoms with Gasteiger partial charge in [-0.3, -0.25) is 4.79 Å². The maximum Gasteiger partial charge on any atom is 0.228 e. The second kappa shape index (κ2) is 4.52. The van der Waals surface area contributed by atoms with Gasteiger partial charge in [0.05, 0.1) is 11.0 Å². The highest BCUT2D eigenvalue weighted by Gasteiger charge is 2.15. The second-order valence-electron chi connectivity index (χ2n) is 4.82. The van der Waals surface area contributed by atoms with Crippen molar-refractivity contribution in [1.29, 1.82) is 0 Å². The molecule has 0 saturated carbocycles. The fourth-order valence-corrected chi connectivity index (χ4v) is 2.51. The molecule has 0 aliphatic carbocycles. The minimum atomic E-state index is -0.123. The Morgan fingerprint density at radius 3 is 2.71 bits per heavy atom. The van der Waals surface area contributed by atoms with E-state index in [1.54, 1.807) is 12.4 Å². The van der Waals surface area contributed by atoms with Gasteiger partial charge in [0.25, 0.3) is 0 Å². The van der Waals surface area contributed by atoms with Crippen LogP contribution in [0.15, 0.2) is 60.9 Å². The Kier molecular flexibility index (Phi) is 2.54. The van der Waals surface area contributed by atoms with Crippen molar-refractivity contribution in [2.75, 3.05) is 0 Å². The molecular formula is C17H11N3O. The first-order valence-electron chi connectivity index (χ1n) is 6.65. The third kappa shape index (κ3) is 1.89. The Labute approximate surface area is 120 Å². The van der Waals surface area contributed by atoms with Crippen LogP contribution in [0.3, 0.4) is 0 Å². The van der Waals surface area contributed by atoms with Gasteiger partial charge < -0.3 is 4.98 Å². The molecule has 2 heterocycles. The first-order chi connectivity index (χ1) is 10.3. The van der Waals surface area contributed by atoms with E-state index in [9.17, 15) is 4.79 Å². The lowest BCUT2D eigenvalue weighted by Crippen LogP contribution is -2.04. The van der Waals surface area contributed by atoms with Crippen molar-refractivity contribution in [2.45, 2.75) is 0 Å². The van der Waals surface area contributed by atoms with Crippen LogP contribution in [0.1, 0.15) is 16.2 Å².